The van der Waals surface area contributed by atoms with Gasteiger partial charge in [-0.3, -0.25) is 9.69 Å². The van der Waals surface area contributed by atoms with E-state index in [9.17, 15) is 18.0 Å². The summed E-state index contributed by atoms with van der Waals surface area (Å²) in [5.74, 6) is -2.57. The summed E-state index contributed by atoms with van der Waals surface area (Å²) in [6.07, 6.45) is -2.34. The molecule has 0 spiro atoms. The van der Waals surface area contributed by atoms with Crippen molar-refractivity contribution in [2.75, 3.05) is 32.8 Å². The van der Waals surface area contributed by atoms with E-state index in [2.05, 4.69) is 23.7 Å². The maximum Gasteiger partial charge on any atom is 0.490 e. The summed E-state index contributed by atoms with van der Waals surface area (Å²) < 4.78 is 39.1. The van der Waals surface area contributed by atoms with Crippen LogP contribution in [0.4, 0.5) is 13.2 Å². The van der Waals surface area contributed by atoms with Crippen molar-refractivity contribution < 1.29 is 32.6 Å². The second kappa shape index (κ2) is 8.91. The molecule has 1 N–H and O–H groups in total. The molecule has 28 heavy (non-hydrogen) atoms. The number of rotatable bonds is 2. The molecule has 0 aromatic carbocycles. The minimum Gasteiger partial charge on any atom is -0.475 e. The lowest BCUT2D eigenvalue weighted by atomic mass is 9.99. The number of aliphatic carboxylic acids is 1. The number of nitrogens with zero attached hydrogens (tertiary/aromatic N) is 4. The van der Waals surface area contributed by atoms with Gasteiger partial charge in [-0.25, -0.2) is 9.78 Å². The van der Waals surface area contributed by atoms with Gasteiger partial charge in [-0.2, -0.15) is 13.2 Å². The highest BCUT2D eigenvalue weighted by molar-refractivity contribution is 5.83. The number of fused-ring (bicyclic) bond motifs is 1. The SMILES string of the molecule is CC(C)N1CCc2ncn(C)c2C1C(=O)N1CCOCC1.O=C(O)C(F)(F)F. The molecule has 1 atom stereocenters. The zero-order valence-corrected chi connectivity index (χ0v) is 16.1. The maximum atomic E-state index is 13.1. The fourth-order valence-electron chi connectivity index (χ4n) is 3.32. The van der Waals surface area contributed by atoms with Gasteiger partial charge in [0.25, 0.3) is 0 Å². The highest BCUT2D eigenvalue weighted by atomic mass is 19.4. The number of carbonyl (C=O) groups excluding carboxylic acids is 1. The number of imidazole rings is 1. The summed E-state index contributed by atoms with van der Waals surface area (Å²) >= 11 is 0. The van der Waals surface area contributed by atoms with E-state index in [1.54, 1.807) is 0 Å². The van der Waals surface area contributed by atoms with Crippen molar-refractivity contribution in [1.82, 2.24) is 19.4 Å². The largest absolute Gasteiger partial charge is 0.490 e. The Morgan fingerprint density at radius 1 is 1.25 bits per heavy atom. The second-order valence-electron chi connectivity index (χ2n) is 6.91. The van der Waals surface area contributed by atoms with E-state index in [4.69, 9.17) is 14.6 Å². The van der Waals surface area contributed by atoms with Crippen molar-refractivity contribution in [3.05, 3.63) is 17.7 Å². The number of carboxylic acids is 1. The van der Waals surface area contributed by atoms with Crippen LogP contribution < -0.4 is 0 Å². The molecule has 3 heterocycles. The Balaban J connectivity index is 0.000000345. The molecule has 0 radical (unpaired) electrons. The van der Waals surface area contributed by atoms with Crippen molar-refractivity contribution in [2.45, 2.75) is 38.5 Å². The van der Waals surface area contributed by atoms with Gasteiger partial charge in [-0.15, -0.1) is 0 Å². The Kier molecular flexibility index (Phi) is 7.05. The van der Waals surface area contributed by atoms with Crippen molar-refractivity contribution in [3.63, 3.8) is 0 Å². The van der Waals surface area contributed by atoms with Gasteiger partial charge in [0.15, 0.2) is 0 Å². The zero-order chi connectivity index (χ0) is 21.1. The lowest BCUT2D eigenvalue weighted by Gasteiger charge is -2.40. The van der Waals surface area contributed by atoms with E-state index < -0.39 is 12.1 Å². The number of alkyl halides is 3. The number of morpholine rings is 1. The monoisotopic (exact) mass is 406 g/mol. The van der Waals surface area contributed by atoms with E-state index in [0.717, 1.165) is 24.4 Å². The van der Waals surface area contributed by atoms with Crippen molar-refractivity contribution in [2.24, 2.45) is 7.05 Å². The molecule has 1 unspecified atom stereocenters. The third-order valence-electron chi connectivity index (χ3n) is 4.72. The number of hydrogen-bond acceptors (Lipinski definition) is 5. The van der Waals surface area contributed by atoms with Gasteiger partial charge >= 0.3 is 12.1 Å². The number of aromatic nitrogens is 2. The molecule has 158 valence electrons. The van der Waals surface area contributed by atoms with Gasteiger partial charge in [-0.1, -0.05) is 0 Å². The molecule has 0 saturated carbocycles. The van der Waals surface area contributed by atoms with Crippen LogP contribution in [0, 0.1) is 0 Å². The van der Waals surface area contributed by atoms with Gasteiger partial charge in [0, 0.05) is 39.1 Å². The Labute approximate surface area is 160 Å². The fourth-order valence-corrected chi connectivity index (χ4v) is 3.32. The molecular formula is C17H25F3N4O4. The van der Waals surface area contributed by atoms with Crippen LogP contribution in [-0.2, 0) is 27.8 Å². The topological polar surface area (TPSA) is 87.9 Å². The van der Waals surface area contributed by atoms with Crippen molar-refractivity contribution in [1.29, 1.82) is 0 Å². The second-order valence-corrected chi connectivity index (χ2v) is 6.91. The molecule has 1 aromatic heterocycles. The highest BCUT2D eigenvalue weighted by Gasteiger charge is 2.40. The first-order valence-electron chi connectivity index (χ1n) is 8.96. The van der Waals surface area contributed by atoms with Gasteiger partial charge in [0.1, 0.15) is 6.04 Å². The number of amides is 1. The summed E-state index contributed by atoms with van der Waals surface area (Å²) in [4.78, 5) is 30.7. The third kappa shape index (κ3) is 5.02. The number of halogens is 3. The van der Waals surface area contributed by atoms with Crippen LogP contribution >= 0.6 is 0 Å². The zero-order valence-electron chi connectivity index (χ0n) is 16.1. The third-order valence-corrected chi connectivity index (χ3v) is 4.72. The molecule has 2 aliphatic rings. The lowest BCUT2D eigenvalue weighted by Crippen LogP contribution is -2.51. The Morgan fingerprint density at radius 2 is 1.82 bits per heavy atom. The Morgan fingerprint density at radius 3 is 2.32 bits per heavy atom. The van der Waals surface area contributed by atoms with Gasteiger partial charge in [0.05, 0.1) is 30.9 Å². The molecule has 0 aliphatic carbocycles. The maximum absolute atomic E-state index is 13.1. The molecule has 1 saturated heterocycles. The van der Waals surface area contributed by atoms with Crippen LogP contribution in [0.1, 0.15) is 31.3 Å². The molecule has 3 rings (SSSR count). The summed E-state index contributed by atoms with van der Waals surface area (Å²) in [7, 11) is 1.98. The lowest BCUT2D eigenvalue weighted by molar-refractivity contribution is -0.192. The minimum atomic E-state index is -5.08. The highest BCUT2D eigenvalue weighted by Crippen LogP contribution is 2.32. The standard InChI is InChI=1S/C15H24N4O2.C2HF3O2/c1-11(2)19-5-4-12-13(17(3)10-16-12)14(19)15(20)18-6-8-21-9-7-18;3-2(4,5)1(6)7/h10-11,14H,4-9H2,1-3H3;(H,6,7). The fraction of sp³-hybridized carbons (Fsp3) is 0.706. The molecular weight excluding hydrogens is 381 g/mol. The smallest absolute Gasteiger partial charge is 0.475 e. The number of hydrogen-bond donors (Lipinski definition) is 1. The summed E-state index contributed by atoms with van der Waals surface area (Å²) in [5, 5.41) is 7.12. The van der Waals surface area contributed by atoms with Crippen LogP contribution in [0.2, 0.25) is 0 Å². The first kappa shape index (κ1) is 22.2. The molecule has 2 aliphatic heterocycles. The number of aryl methyl sites for hydroxylation is 1. The number of ether oxygens (including phenoxy) is 1. The first-order valence-corrected chi connectivity index (χ1v) is 8.96. The minimum absolute atomic E-state index is 0.191. The molecule has 1 amide bonds. The van der Waals surface area contributed by atoms with Crippen molar-refractivity contribution >= 4 is 11.9 Å². The van der Waals surface area contributed by atoms with E-state index >= 15 is 0 Å². The van der Waals surface area contributed by atoms with E-state index in [1.165, 1.54) is 0 Å². The average molecular weight is 406 g/mol. The van der Waals surface area contributed by atoms with Crippen LogP contribution in [0.3, 0.4) is 0 Å². The van der Waals surface area contributed by atoms with Crippen molar-refractivity contribution in [3.8, 4) is 0 Å². The van der Waals surface area contributed by atoms with Crippen LogP contribution in [-0.4, -0.2) is 81.4 Å². The van der Waals surface area contributed by atoms with Crippen LogP contribution in [0.25, 0.3) is 0 Å². The van der Waals surface area contributed by atoms with E-state index in [-0.39, 0.29) is 11.9 Å². The molecule has 11 heteroatoms. The van der Waals surface area contributed by atoms with E-state index in [0.29, 0.717) is 32.3 Å². The number of carboxylic acid groups (broad SMARTS) is 1. The molecule has 1 fully saturated rings. The summed E-state index contributed by atoms with van der Waals surface area (Å²) in [5.41, 5.74) is 2.13. The average Bonchev–Trinajstić information content (AvgIpc) is 3.02. The summed E-state index contributed by atoms with van der Waals surface area (Å²) in [6.45, 7) is 7.85. The predicted octanol–water partition coefficient (Wildman–Crippen LogP) is 1.22. The molecule has 8 nitrogen and oxygen atoms in total. The Hall–Kier alpha value is -2.14. The van der Waals surface area contributed by atoms with Gasteiger partial charge in [-0.05, 0) is 13.8 Å². The van der Waals surface area contributed by atoms with Gasteiger partial charge < -0.3 is 19.3 Å². The predicted molar refractivity (Wildman–Crippen MR) is 92.6 cm³/mol. The molecule has 1 aromatic rings. The van der Waals surface area contributed by atoms with Gasteiger partial charge in [0.2, 0.25) is 5.91 Å². The van der Waals surface area contributed by atoms with Crippen LogP contribution in [0.15, 0.2) is 6.33 Å². The quantitative estimate of drug-likeness (QED) is 0.795. The Bertz CT molecular complexity index is 699. The number of carbonyl (C=O) groups is 2. The molecule has 0 bridgehead atoms. The van der Waals surface area contributed by atoms with E-state index in [1.807, 2.05) is 22.8 Å². The first-order chi connectivity index (χ1) is 13.0. The normalized spacial score (nSPS) is 20.4. The summed E-state index contributed by atoms with van der Waals surface area (Å²) in [6, 6.07) is 0.127. The van der Waals surface area contributed by atoms with Crippen LogP contribution in [0.5, 0.6) is 0 Å².